The van der Waals surface area contributed by atoms with Crippen molar-refractivity contribution in [1.29, 1.82) is 0 Å². The molecule has 0 aliphatic rings. The summed E-state index contributed by atoms with van der Waals surface area (Å²) in [4.78, 5) is 25.7. The zero-order valence-electron chi connectivity index (χ0n) is 14.8. The number of benzene rings is 1. The number of hydrogen-bond donors (Lipinski definition) is 1. The minimum atomic E-state index is -0.229. The minimum absolute atomic E-state index is 0.229. The second-order valence-corrected chi connectivity index (χ2v) is 6.88. The number of ether oxygens (including phenoxy) is 1. The van der Waals surface area contributed by atoms with Crippen LogP contribution in [0.2, 0.25) is 0 Å². The summed E-state index contributed by atoms with van der Waals surface area (Å²) in [6.45, 7) is 1.84. The lowest BCUT2D eigenvalue weighted by molar-refractivity contribution is 0.102. The summed E-state index contributed by atoms with van der Waals surface area (Å²) in [7, 11) is 1.58. The van der Waals surface area contributed by atoms with Crippen molar-refractivity contribution in [3.8, 4) is 17.0 Å². The lowest BCUT2D eigenvalue weighted by Gasteiger charge is -2.04. The van der Waals surface area contributed by atoms with E-state index in [1.807, 2.05) is 37.3 Å². The van der Waals surface area contributed by atoms with Crippen LogP contribution in [0.1, 0.15) is 16.1 Å². The van der Waals surface area contributed by atoms with E-state index < -0.39 is 0 Å². The number of nitrogens with zero attached hydrogens (tertiary/aromatic N) is 3. The number of anilines is 1. The van der Waals surface area contributed by atoms with Crippen LogP contribution >= 0.6 is 11.3 Å². The molecule has 27 heavy (non-hydrogen) atoms. The van der Waals surface area contributed by atoms with Gasteiger partial charge in [-0.2, -0.15) is 0 Å². The number of aryl methyl sites for hydroxylation is 1. The normalized spacial score (nSPS) is 10.7. The van der Waals surface area contributed by atoms with Crippen LogP contribution in [0, 0.1) is 6.92 Å². The molecule has 0 aliphatic heterocycles. The second-order valence-electron chi connectivity index (χ2n) is 5.88. The number of pyridine rings is 2. The van der Waals surface area contributed by atoms with Gasteiger partial charge < -0.3 is 4.74 Å². The van der Waals surface area contributed by atoms with Crippen LogP contribution in [0.3, 0.4) is 0 Å². The summed E-state index contributed by atoms with van der Waals surface area (Å²) >= 11 is 1.37. The molecule has 0 atom stereocenters. The SMILES string of the molecule is COc1cnc(-c2ccccc2)c2sc(NC(=O)c3ccnc(C)c3)nc12. The van der Waals surface area contributed by atoms with E-state index in [1.165, 1.54) is 11.3 Å². The molecule has 0 saturated heterocycles. The van der Waals surface area contributed by atoms with Crippen LogP contribution in [0.4, 0.5) is 5.13 Å². The monoisotopic (exact) mass is 376 g/mol. The van der Waals surface area contributed by atoms with Crippen molar-refractivity contribution < 1.29 is 9.53 Å². The van der Waals surface area contributed by atoms with E-state index >= 15 is 0 Å². The van der Waals surface area contributed by atoms with Gasteiger partial charge in [0.15, 0.2) is 10.9 Å². The number of carbonyl (C=O) groups is 1. The van der Waals surface area contributed by atoms with E-state index in [9.17, 15) is 4.79 Å². The Morgan fingerprint density at radius 3 is 2.70 bits per heavy atom. The fourth-order valence-corrected chi connectivity index (χ4v) is 3.74. The van der Waals surface area contributed by atoms with E-state index in [1.54, 1.807) is 31.6 Å². The van der Waals surface area contributed by atoms with E-state index in [4.69, 9.17) is 4.74 Å². The van der Waals surface area contributed by atoms with Crippen molar-refractivity contribution in [2.45, 2.75) is 6.92 Å². The third-order valence-electron chi connectivity index (χ3n) is 4.03. The molecule has 0 radical (unpaired) electrons. The second kappa shape index (κ2) is 7.13. The molecule has 7 heteroatoms. The Balaban J connectivity index is 1.76. The maximum atomic E-state index is 12.5. The molecule has 3 aromatic heterocycles. The molecule has 134 valence electrons. The topological polar surface area (TPSA) is 77.0 Å². The van der Waals surface area contributed by atoms with Crippen LogP contribution < -0.4 is 10.1 Å². The highest BCUT2D eigenvalue weighted by atomic mass is 32.1. The summed E-state index contributed by atoms with van der Waals surface area (Å²) in [5, 5.41) is 3.36. The molecule has 6 nitrogen and oxygen atoms in total. The van der Waals surface area contributed by atoms with Gasteiger partial charge in [-0.25, -0.2) is 4.98 Å². The highest BCUT2D eigenvalue weighted by Gasteiger charge is 2.17. The van der Waals surface area contributed by atoms with Gasteiger partial charge >= 0.3 is 0 Å². The molecule has 0 bridgehead atoms. The summed E-state index contributed by atoms with van der Waals surface area (Å²) in [6.07, 6.45) is 3.27. The number of nitrogens with one attached hydrogen (secondary N) is 1. The average Bonchev–Trinajstić information content (AvgIpc) is 3.11. The number of hydrogen-bond acceptors (Lipinski definition) is 6. The highest BCUT2D eigenvalue weighted by Crippen LogP contribution is 2.38. The first-order valence-electron chi connectivity index (χ1n) is 8.28. The number of amides is 1. The van der Waals surface area contributed by atoms with Crippen LogP contribution in [-0.2, 0) is 0 Å². The standard InChI is InChI=1S/C20H16N4O2S/c1-12-10-14(8-9-21-12)19(25)24-20-23-17-15(26-2)11-22-16(18(17)27-20)13-6-4-3-5-7-13/h3-11H,1-2H3,(H,23,24,25). The van der Waals surface area contributed by atoms with E-state index in [0.29, 0.717) is 22.0 Å². The number of fused-ring (bicyclic) bond motifs is 1. The summed E-state index contributed by atoms with van der Waals surface area (Å²) < 4.78 is 6.26. The Labute approximate surface area is 159 Å². The van der Waals surface area contributed by atoms with Gasteiger partial charge in [-0.3, -0.25) is 20.1 Å². The van der Waals surface area contributed by atoms with E-state index in [0.717, 1.165) is 21.7 Å². The predicted octanol–water partition coefficient (Wildman–Crippen LogP) is 4.32. The lowest BCUT2D eigenvalue weighted by atomic mass is 10.1. The predicted molar refractivity (Wildman–Crippen MR) is 106 cm³/mol. The van der Waals surface area contributed by atoms with Gasteiger partial charge in [0.25, 0.3) is 5.91 Å². The highest BCUT2D eigenvalue weighted by molar-refractivity contribution is 7.22. The fourth-order valence-electron chi connectivity index (χ4n) is 2.75. The molecule has 1 amide bonds. The molecule has 0 fully saturated rings. The summed E-state index contributed by atoms with van der Waals surface area (Å²) in [5.74, 6) is 0.342. The molecular weight excluding hydrogens is 360 g/mol. The Morgan fingerprint density at radius 2 is 1.96 bits per heavy atom. The molecule has 0 saturated carbocycles. The van der Waals surface area contributed by atoms with E-state index in [-0.39, 0.29) is 5.91 Å². The lowest BCUT2D eigenvalue weighted by Crippen LogP contribution is -2.11. The van der Waals surface area contributed by atoms with Gasteiger partial charge in [0.1, 0.15) is 5.52 Å². The van der Waals surface area contributed by atoms with E-state index in [2.05, 4.69) is 20.3 Å². The number of thiazole rings is 1. The first-order chi connectivity index (χ1) is 13.2. The maximum absolute atomic E-state index is 12.5. The van der Waals surface area contributed by atoms with Crippen molar-refractivity contribution >= 4 is 32.6 Å². The molecule has 3 heterocycles. The largest absolute Gasteiger partial charge is 0.493 e. The molecule has 1 aromatic carbocycles. The quantitative estimate of drug-likeness (QED) is 0.574. The Morgan fingerprint density at radius 1 is 1.15 bits per heavy atom. The molecule has 4 aromatic rings. The van der Waals surface area contributed by atoms with Crippen molar-refractivity contribution in [2.75, 3.05) is 12.4 Å². The van der Waals surface area contributed by atoms with Gasteiger partial charge in [0, 0.05) is 23.0 Å². The first-order valence-corrected chi connectivity index (χ1v) is 9.10. The number of carbonyl (C=O) groups excluding carboxylic acids is 1. The van der Waals surface area contributed by atoms with Gasteiger partial charge in [-0.1, -0.05) is 41.7 Å². The third kappa shape index (κ3) is 3.37. The number of methoxy groups -OCH3 is 1. The molecule has 4 rings (SSSR count). The maximum Gasteiger partial charge on any atom is 0.257 e. The zero-order valence-corrected chi connectivity index (χ0v) is 15.6. The molecule has 0 aliphatic carbocycles. The van der Waals surface area contributed by atoms with Gasteiger partial charge in [-0.05, 0) is 19.1 Å². The Hall–Kier alpha value is -3.32. The summed E-state index contributed by atoms with van der Waals surface area (Å²) in [5.41, 5.74) is 3.79. The van der Waals surface area contributed by atoms with Crippen molar-refractivity contribution in [3.63, 3.8) is 0 Å². The summed E-state index contributed by atoms with van der Waals surface area (Å²) in [6, 6.07) is 13.3. The average molecular weight is 376 g/mol. The van der Waals surface area contributed by atoms with Crippen LogP contribution in [0.15, 0.2) is 54.9 Å². The van der Waals surface area contributed by atoms with Crippen molar-refractivity contribution in [3.05, 3.63) is 66.1 Å². The minimum Gasteiger partial charge on any atom is -0.493 e. The smallest absolute Gasteiger partial charge is 0.257 e. The van der Waals surface area contributed by atoms with Gasteiger partial charge in [-0.15, -0.1) is 0 Å². The van der Waals surface area contributed by atoms with Crippen molar-refractivity contribution in [2.24, 2.45) is 0 Å². The van der Waals surface area contributed by atoms with Crippen molar-refractivity contribution in [1.82, 2.24) is 15.0 Å². The fraction of sp³-hybridized carbons (Fsp3) is 0.100. The number of aromatic nitrogens is 3. The Kier molecular flexibility index (Phi) is 4.52. The van der Waals surface area contributed by atoms with Gasteiger partial charge in [0.05, 0.1) is 23.7 Å². The molecule has 0 spiro atoms. The third-order valence-corrected chi connectivity index (χ3v) is 5.01. The van der Waals surface area contributed by atoms with Crippen LogP contribution in [0.5, 0.6) is 5.75 Å². The first kappa shape index (κ1) is 17.1. The Bertz CT molecular complexity index is 1130. The van der Waals surface area contributed by atoms with Crippen LogP contribution in [0.25, 0.3) is 21.5 Å². The van der Waals surface area contributed by atoms with Gasteiger partial charge in [0.2, 0.25) is 0 Å². The number of rotatable bonds is 4. The molecule has 0 unspecified atom stereocenters. The van der Waals surface area contributed by atoms with Crippen LogP contribution in [-0.4, -0.2) is 28.0 Å². The zero-order chi connectivity index (χ0) is 18.8. The molecular formula is C20H16N4O2S. The molecule has 1 N–H and O–H groups in total.